The van der Waals surface area contributed by atoms with Gasteiger partial charge in [-0.25, -0.2) is 0 Å². The summed E-state index contributed by atoms with van der Waals surface area (Å²) in [6.45, 7) is 2.41. The molecular formula is C31H25N3O6. The number of aliphatic hydroxyl groups excluding tert-OH is 1. The van der Waals surface area contributed by atoms with E-state index in [1.54, 1.807) is 54.9 Å². The normalized spacial score (nSPS) is 16.2. The molecule has 1 aliphatic heterocycles. The Morgan fingerprint density at radius 3 is 2.40 bits per heavy atom. The second kappa shape index (κ2) is 11.2. The molecule has 4 aromatic rings. The average Bonchev–Trinajstić information content (AvgIpc) is 3.21. The zero-order valence-electron chi connectivity index (χ0n) is 21.6. The number of non-ortho nitro benzene ring substituents is 1. The van der Waals surface area contributed by atoms with Crippen molar-refractivity contribution in [2.45, 2.75) is 26.1 Å². The number of amides is 1. The van der Waals surface area contributed by atoms with Crippen molar-refractivity contribution in [2.24, 2.45) is 0 Å². The largest absolute Gasteiger partial charge is 0.507 e. The monoisotopic (exact) mass is 535 g/mol. The van der Waals surface area contributed by atoms with Crippen LogP contribution in [0.25, 0.3) is 5.76 Å². The van der Waals surface area contributed by atoms with Crippen LogP contribution in [0.2, 0.25) is 0 Å². The van der Waals surface area contributed by atoms with Gasteiger partial charge in [0.1, 0.15) is 18.1 Å². The Labute approximate surface area is 230 Å². The molecular weight excluding hydrogens is 510 g/mol. The van der Waals surface area contributed by atoms with Crippen LogP contribution in [0.15, 0.2) is 103 Å². The number of nitrogens with zero attached hydrogens (tertiary/aromatic N) is 3. The standard InChI is InChI=1S/C31H25N3O6/c1-20-4-2-5-22(16-20)19-40-26-10-8-23(9-11-26)29(35)27-28(24-6-3-7-25(17-24)34(38)39)33(31(37)30(27)36)18-21-12-14-32-15-13-21/h2-17,28,35H,18-19H2,1H3/t28-/m0/s1. The summed E-state index contributed by atoms with van der Waals surface area (Å²) < 4.78 is 5.86. The number of carbonyl (C=O) groups excluding carboxylic acids is 2. The van der Waals surface area contributed by atoms with Crippen LogP contribution in [-0.4, -0.2) is 31.6 Å². The van der Waals surface area contributed by atoms with Gasteiger partial charge in [0.15, 0.2) is 0 Å². The van der Waals surface area contributed by atoms with Crippen molar-refractivity contribution in [3.05, 3.63) is 141 Å². The third-order valence-corrected chi connectivity index (χ3v) is 6.65. The molecule has 9 nitrogen and oxygen atoms in total. The molecule has 0 saturated carbocycles. The summed E-state index contributed by atoms with van der Waals surface area (Å²) >= 11 is 0. The van der Waals surface area contributed by atoms with Gasteiger partial charge in [0.05, 0.1) is 16.5 Å². The number of nitro benzene ring substituents is 1. The lowest BCUT2D eigenvalue weighted by atomic mass is 9.95. The second-order valence-electron chi connectivity index (χ2n) is 9.44. The lowest BCUT2D eigenvalue weighted by Gasteiger charge is -2.25. The van der Waals surface area contributed by atoms with Crippen molar-refractivity contribution >= 4 is 23.1 Å². The van der Waals surface area contributed by atoms with E-state index in [9.17, 15) is 24.8 Å². The van der Waals surface area contributed by atoms with E-state index in [-0.39, 0.29) is 23.6 Å². The molecule has 0 radical (unpaired) electrons. The predicted molar refractivity (Wildman–Crippen MR) is 147 cm³/mol. The highest BCUT2D eigenvalue weighted by Crippen LogP contribution is 2.41. The molecule has 200 valence electrons. The first-order valence-electron chi connectivity index (χ1n) is 12.5. The molecule has 1 saturated heterocycles. The molecule has 1 atom stereocenters. The van der Waals surface area contributed by atoms with E-state index >= 15 is 0 Å². The van der Waals surface area contributed by atoms with Gasteiger partial charge < -0.3 is 14.7 Å². The fraction of sp³-hybridized carbons (Fsp3) is 0.129. The molecule has 2 heterocycles. The quantitative estimate of drug-likeness (QED) is 0.104. The molecule has 1 fully saturated rings. The molecule has 0 unspecified atom stereocenters. The van der Waals surface area contributed by atoms with Gasteiger partial charge in [0, 0.05) is 36.6 Å². The lowest BCUT2D eigenvalue weighted by molar-refractivity contribution is -0.384. The van der Waals surface area contributed by atoms with Gasteiger partial charge in [-0.1, -0.05) is 42.0 Å². The summed E-state index contributed by atoms with van der Waals surface area (Å²) in [6, 6.07) is 22.6. The number of pyridine rings is 1. The molecule has 0 bridgehead atoms. The topological polar surface area (TPSA) is 123 Å². The van der Waals surface area contributed by atoms with Gasteiger partial charge in [-0.15, -0.1) is 0 Å². The molecule has 3 aromatic carbocycles. The summed E-state index contributed by atoms with van der Waals surface area (Å²) in [5, 5.41) is 22.8. The third-order valence-electron chi connectivity index (χ3n) is 6.65. The van der Waals surface area contributed by atoms with Crippen molar-refractivity contribution in [3.8, 4) is 5.75 Å². The Morgan fingerprint density at radius 2 is 1.70 bits per heavy atom. The van der Waals surface area contributed by atoms with Crippen LogP contribution in [0.5, 0.6) is 5.75 Å². The number of nitro groups is 1. The Bertz CT molecular complexity index is 1620. The minimum Gasteiger partial charge on any atom is -0.507 e. The zero-order chi connectivity index (χ0) is 28.2. The molecule has 1 N–H and O–H groups in total. The number of aromatic nitrogens is 1. The Balaban J connectivity index is 1.50. The molecule has 1 aromatic heterocycles. The number of carbonyl (C=O) groups is 2. The van der Waals surface area contributed by atoms with Crippen molar-refractivity contribution in [1.29, 1.82) is 0 Å². The minimum atomic E-state index is -1.04. The smallest absolute Gasteiger partial charge is 0.295 e. The number of aliphatic hydroxyl groups is 1. The van der Waals surface area contributed by atoms with Crippen molar-refractivity contribution < 1.29 is 24.4 Å². The van der Waals surface area contributed by atoms with Gasteiger partial charge in [0.2, 0.25) is 0 Å². The number of rotatable bonds is 8. The van der Waals surface area contributed by atoms with Gasteiger partial charge in [-0.05, 0) is 60.0 Å². The highest BCUT2D eigenvalue weighted by Gasteiger charge is 2.46. The maximum atomic E-state index is 13.3. The zero-order valence-corrected chi connectivity index (χ0v) is 21.6. The maximum Gasteiger partial charge on any atom is 0.295 e. The first-order valence-corrected chi connectivity index (χ1v) is 12.5. The van der Waals surface area contributed by atoms with E-state index in [0.29, 0.717) is 29.0 Å². The molecule has 1 aliphatic rings. The molecule has 0 aliphatic carbocycles. The van der Waals surface area contributed by atoms with Gasteiger partial charge in [-0.2, -0.15) is 0 Å². The van der Waals surface area contributed by atoms with Gasteiger partial charge in [-0.3, -0.25) is 24.7 Å². The van der Waals surface area contributed by atoms with Crippen LogP contribution in [0.4, 0.5) is 5.69 Å². The molecule has 0 spiro atoms. The van der Waals surface area contributed by atoms with Gasteiger partial charge >= 0.3 is 0 Å². The van der Waals surface area contributed by atoms with E-state index in [1.807, 2.05) is 31.2 Å². The number of aryl methyl sites for hydroxylation is 1. The van der Waals surface area contributed by atoms with Crippen LogP contribution in [0.1, 0.15) is 33.9 Å². The molecule has 40 heavy (non-hydrogen) atoms. The summed E-state index contributed by atoms with van der Waals surface area (Å²) in [5.41, 5.74) is 3.15. The SMILES string of the molecule is Cc1cccc(COc2ccc(C(O)=C3C(=O)C(=O)N(Cc4ccncc4)[C@H]3c3cccc([N+](=O)[O-])c3)cc2)c1. The van der Waals surface area contributed by atoms with Crippen molar-refractivity contribution in [3.63, 3.8) is 0 Å². The first kappa shape index (κ1) is 26.3. The van der Waals surface area contributed by atoms with Crippen LogP contribution in [0, 0.1) is 17.0 Å². The number of hydrogen-bond donors (Lipinski definition) is 1. The number of hydrogen-bond acceptors (Lipinski definition) is 7. The Morgan fingerprint density at radius 1 is 0.975 bits per heavy atom. The minimum absolute atomic E-state index is 0.0446. The van der Waals surface area contributed by atoms with E-state index in [1.165, 1.54) is 23.1 Å². The first-order chi connectivity index (χ1) is 19.3. The fourth-order valence-electron chi connectivity index (χ4n) is 4.72. The number of ether oxygens (including phenoxy) is 1. The van der Waals surface area contributed by atoms with E-state index in [4.69, 9.17) is 4.74 Å². The number of benzene rings is 3. The van der Waals surface area contributed by atoms with Crippen LogP contribution < -0.4 is 4.74 Å². The van der Waals surface area contributed by atoms with E-state index in [2.05, 4.69) is 4.98 Å². The highest BCUT2D eigenvalue weighted by molar-refractivity contribution is 6.46. The van der Waals surface area contributed by atoms with Crippen LogP contribution in [0.3, 0.4) is 0 Å². The number of Topliss-reactive ketones (excluding diaryl/α,β-unsaturated/α-hetero) is 1. The lowest BCUT2D eigenvalue weighted by Crippen LogP contribution is -2.29. The highest BCUT2D eigenvalue weighted by atomic mass is 16.6. The van der Waals surface area contributed by atoms with E-state index < -0.39 is 22.7 Å². The maximum absolute atomic E-state index is 13.3. The fourth-order valence-corrected chi connectivity index (χ4v) is 4.72. The van der Waals surface area contributed by atoms with Gasteiger partial charge in [0.25, 0.3) is 17.4 Å². The summed E-state index contributed by atoms with van der Waals surface area (Å²) in [7, 11) is 0. The Kier molecular flexibility index (Phi) is 7.37. The number of likely N-dealkylation sites (tertiary alicyclic amines) is 1. The second-order valence-corrected chi connectivity index (χ2v) is 9.44. The van der Waals surface area contributed by atoms with E-state index in [0.717, 1.165) is 11.1 Å². The van der Waals surface area contributed by atoms with Crippen LogP contribution in [-0.2, 0) is 22.7 Å². The average molecular weight is 536 g/mol. The summed E-state index contributed by atoms with van der Waals surface area (Å²) in [4.78, 5) is 42.7. The van der Waals surface area contributed by atoms with Crippen molar-refractivity contribution in [1.82, 2.24) is 9.88 Å². The number of ketones is 1. The summed E-state index contributed by atoms with van der Waals surface area (Å²) in [5.74, 6) is -1.50. The summed E-state index contributed by atoms with van der Waals surface area (Å²) in [6.07, 6.45) is 3.13. The molecule has 1 amide bonds. The van der Waals surface area contributed by atoms with Crippen LogP contribution >= 0.6 is 0 Å². The Hall–Kier alpha value is -5.31. The molecule has 9 heteroatoms. The van der Waals surface area contributed by atoms with Crippen molar-refractivity contribution in [2.75, 3.05) is 0 Å². The molecule has 5 rings (SSSR count). The third kappa shape index (κ3) is 5.44. The predicted octanol–water partition coefficient (Wildman–Crippen LogP) is 5.50.